The number of aromatic nitrogens is 4. The molecule has 4 rings (SSSR count). The number of nitrogens with one attached hydrogen (secondary N) is 1. The van der Waals surface area contributed by atoms with Crippen molar-refractivity contribution < 1.29 is 0 Å². The van der Waals surface area contributed by atoms with Crippen LogP contribution in [0.3, 0.4) is 0 Å². The van der Waals surface area contributed by atoms with Gasteiger partial charge in [0.1, 0.15) is 5.82 Å². The Balaban J connectivity index is 1.58. The first-order chi connectivity index (χ1) is 11.8. The summed E-state index contributed by atoms with van der Waals surface area (Å²) in [7, 11) is 0. The van der Waals surface area contributed by atoms with Gasteiger partial charge in [-0.3, -0.25) is 10.00 Å². The van der Waals surface area contributed by atoms with Crippen LogP contribution in [0.5, 0.6) is 0 Å². The highest BCUT2D eigenvalue weighted by Gasteiger charge is 2.28. The monoisotopic (exact) mass is 319 g/mol. The predicted molar refractivity (Wildman–Crippen MR) is 93.2 cm³/mol. The van der Waals surface area contributed by atoms with Crippen LogP contribution in [0.1, 0.15) is 36.0 Å². The van der Waals surface area contributed by atoms with Gasteiger partial charge in [0.25, 0.3) is 0 Å². The molecule has 1 fully saturated rings. The first-order valence-electron chi connectivity index (χ1n) is 8.42. The molecule has 1 aliphatic heterocycles. The summed E-state index contributed by atoms with van der Waals surface area (Å²) in [5, 5.41) is 7.43. The average Bonchev–Trinajstić information content (AvgIpc) is 3.25. The van der Waals surface area contributed by atoms with E-state index >= 15 is 0 Å². The number of nitrogens with zero attached hydrogens (tertiary/aromatic N) is 4. The number of rotatable bonds is 4. The normalized spacial score (nSPS) is 18.1. The Morgan fingerprint density at radius 1 is 1.21 bits per heavy atom. The van der Waals surface area contributed by atoms with Gasteiger partial charge in [0, 0.05) is 18.3 Å². The zero-order valence-corrected chi connectivity index (χ0v) is 13.8. The number of aryl methyl sites for hydroxylation is 1. The molecule has 2 aromatic heterocycles. The topological polar surface area (TPSA) is 57.7 Å². The summed E-state index contributed by atoms with van der Waals surface area (Å²) in [4.78, 5) is 11.4. The summed E-state index contributed by atoms with van der Waals surface area (Å²) in [5.41, 5.74) is 4.65. The maximum absolute atomic E-state index is 4.64. The van der Waals surface area contributed by atoms with Gasteiger partial charge in [-0.2, -0.15) is 5.10 Å². The highest BCUT2D eigenvalue weighted by molar-refractivity contribution is 5.62. The van der Waals surface area contributed by atoms with Crippen molar-refractivity contribution in [1.29, 1.82) is 0 Å². The lowest BCUT2D eigenvalue weighted by atomic mass is 10.1. The molecule has 5 nitrogen and oxygen atoms in total. The number of aromatic amines is 1. The van der Waals surface area contributed by atoms with Crippen molar-refractivity contribution >= 4 is 0 Å². The zero-order chi connectivity index (χ0) is 16.4. The molecule has 1 N–H and O–H groups in total. The Morgan fingerprint density at radius 3 is 2.92 bits per heavy atom. The highest BCUT2D eigenvalue weighted by atomic mass is 15.2. The van der Waals surface area contributed by atoms with E-state index in [4.69, 9.17) is 0 Å². The van der Waals surface area contributed by atoms with Gasteiger partial charge in [0.2, 0.25) is 0 Å². The zero-order valence-electron chi connectivity index (χ0n) is 13.8. The summed E-state index contributed by atoms with van der Waals surface area (Å²) < 4.78 is 0. The molecule has 3 aromatic rings. The molecule has 0 aliphatic carbocycles. The summed E-state index contributed by atoms with van der Waals surface area (Å²) in [6.45, 7) is 3.92. The third kappa shape index (κ3) is 2.95. The van der Waals surface area contributed by atoms with Crippen LogP contribution in [0.2, 0.25) is 0 Å². The molecule has 0 amide bonds. The van der Waals surface area contributed by atoms with Crippen LogP contribution >= 0.6 is 0 Å². The third-order valence-electron chi connectivity index (χ3n) is 4.66. The smallest absolute Gasteiger partial charge is 0.125 e. The fraction of sp³-hybridized carbons (Fsp3) is 0.316. The van der Waals surface area contributed by atoms with Crippen LogP contribution in [-0.4, -0.2) is 31.6 Å². The number of H-pyrrole nitrogens is 1. The molecular weight excluding hydrogens is 298 g/mol. The Hall–Kier alpha value is -2.53. The third-order valence-corrected chi connectivity index (χ3v) is 4.66. The molecular formula is C19H21N5. The maximum atomic E-state index is 4.64. The first kappa shape index (κ1) is 15.0. The van der Waals surface area contributed by atoms with Crippen LogP contribution in [0.15, 0.2) is 48.8 Å². The molecule has 1 atom stereocenters. The van der Waals surface area contributed by atoms with Crippen molar-refractivity contribution in [2.75, 3.05) is 6.54 Å². The van der Waals surface area contributed by atoms with Gasteiger partial charge >= 0.3 is 0 Å². The number of likely N-dealkylation sites (tertiary alicyclic amines) is 1. The van der Waals surface area contributed by atoms with Crippen molar-refractivity contribution in [2.24, 2.45) is 0 Å². The predicted octanol–water partition coefficient (Wildman–Crippen LogP) is 3.51. The van der Waals surface area contributed by atoms with E-state index in [9.17, 15) is 0 Å². The second-order valence-corrected chi connectivity index (χ2v) is 6.29. The quantitative estimate of drug-likeness (QED) is 0.799. The van der Waals surface area contributed by atoms with Crippen molar-refractivity contribution in [1.82, 2.24) is 25.1 Å². The van der Waals surface area contributed by atoms with Crippen molar-refractivity contribution in [3.05, 3.63) is 65.9 Å². The molecule has 1 aromatic carbocycles. The van der Waals surface area contributed by atoms with E-state index in [0.717, 1.165) is 36.7 Å². The molecule has 1 saturated heterocycles. The second kappa shape index (κ2) is 6.53. The minimum atomic E-state index is 0.366. The molecule has 0 bridgehead atoms. The van der Waals surface area contributed by atoms with Gasteiger partial charge < -0.3 is 0 Å². The summed E-state index contributed by atoms with van der Waals surface area (Å²) in [6.07, 6.45) is 6.16. The molecule has 0 saturated carbocycles. The molecule has 1 aliphatic rings. The molecule has 1 unspecified atom stereocenters. The van der Waals surface area contributed by atoms with Crippen molar-refractivity contribution in [3.8, 4) is 11.3 Å². The lowest BCUT2D eigenvalue weighted by Crippen LogP contribution is -2.23. The summed E-state index contributed by atoms with van der Waals surface area (Å²) in [5.74, 6) is 0.840. The van der Waals surface area contributed by atoms with Gasteiger partial charge in [0.15, 0.2) is 0 Å². The number of hydrogen-bond acceptors (Lipinski definition) is 4. The lowest BCUT2D eigenvalue weighted by Gasteiger charge is -2.24. The summed E-state index contributed by atoms with van der Waals surface area (Å²) >= 11 is 0. The van der Waals surface area contributed by atoms with Gasteiger partial charge in [-0.05, 0) is 37.9 Å². The fourth-order valence-electron chi connectivity index (χ4n) is 3.51. The van der Waals surface area contributed by atoms with Crippen LogP contribution < -0.4 is 0 Å². The molecule has 0 radical (unpaired) electrons. The minimum absolute atomic E-state index is 0.366. The summed E-state index contributed by atoms with van der Waals surface area (Å²) in [6, 6.07) is 12.8. The Kier molecular flexibility index (Phi) is 4.09. The van der Waals surface area contributed by atoms with Crippen LogP contribution in [0, 0.1) is 6.92 Å². The molecule has 122 valence electrons. The van der Waals surface area contributed by atoms with Gasteiger partial charge in [-0.15, -0.1) is 0 Å². The van der Waals surface area contributed by atoms with E-state index in [0.29, 0.717) is 6.04 Å². The first-order valence-corrected chi connectivity index (χ1v) is 8.42. The van der Waals surface area contributed by atoms with Crippen LogP contribution in [-0.2, 0) is 6.54 Å². The Morgan fingerprint density at radius 2 is 2.08 bits per heavy atom. The van der Waals surface area contributed by atoms with E-state index in [-0.39, 0.29) is 0 Å². The Labute approximate surface area is 141 Å². The van der Waals surface area contributed by atoms with Crippen LogP contribution in [0.25, 0.3) is 11.3 Å². The molecule has 5 heteroatoms. The maximum Gasteiger partial charge on any atom is 0.125 e. The molecule has 3 heterocycles. The van der Waals surface area contributed by atoms with Gasteiger partial charge in [-0.1, -0.05) is 30.3 Å². The average molecular weight is 319 g/mol. The highest BCUT2D eigenvalue weighted by Crippen LogP contribution is 2.33. The van der Waals surface area contributed by atoms with Gasteiger partial charge in [0.05, 0.1) is 23.6 Å². The second-order valence-electron chi connectivity index (χ2n) is 6.29. The fourth-order valence-corrected chi connectivity index (χ4v) is 3.51. The van der Waals surface area contributed by atoms with Crippen LogP contribution in [0.4, 0.5) is 0 Å². The number of hydrogen-bond donors (Lipinski definition) is 1. The van der Waals surface area contributed by atoms with Gasteiger partial charge in [-0.25, -0.2) is 9.97 Å². The molecule has 24 heavy (non-hydrogen) atoms. The lowest BCUT2D eigenvalue weighted by molar-refractivity contribution is 0.244. The van der Waals surface area contributed by atoms with E-state index in [2.05, 4.69) is 49.3 Å². The van der Waals surface area contributed by atoms with E-state index in [1.54, 1.807) is 0 Å². The van der Waals surface area contributed by atoms with Crippen molar-refractivity contribution in [2.45, 2.75) is 32.4 Å². The van der Waals surface area contributed by atoms with E-state index < -0.39 is 0 Å². The van der Waals surface area contributed by atoms with E-state index in [1.165, 1.54) is 17.5 Å². The molecule has 0 spiro atoms. The number of benzene rings is 1. The Bertz CT molecular complexity index is 811. The standard InChI is InChI=1S/C19H21N5/c1-14-20-10-9-17(22-14)18-8-5-11-24(18)13-16-12-21-23-19(16)15-6-3-2-4-7-15/h2-4,6-7,9-10,12,18H,5,8,11,13H2,1H3,(H,21,23). The minimum Gasteiger partial charge on any atom is -0.290 e. The van der Waals surface area contributed by atoms with Crippen molar-refractivity contribution in [3.63, 3.8) is 0 Å². The largest absolute Gasteiger partial charge is 0.290 e. The van der Waals surface area contributed by atoms with E-state index in [1.807, 2.05) is 31.5 Å². The SMILES string of the molecule is Cc1nccc(C2CCCN2Cc2cn[nH]c2-c2ccccc2)n1.